The van der Waals surface area contributed by atoms with Crippen molar-refractivity contribution < 1.29 is 17.9 Å². The first-order valence-corrected chi connectivity index (χ1v) is 11.9. The van der Waals surface area contributed by atoms with Crippen molar-refractivity contribution in [3.63, 3.8) is 0 Å². The third-order valence-corrected chi connectivity index (χ3v) is 7.54. The van der Waals surface area contributed by atoms with Gasteiger partial charge in [0, 0.05) is 6.04 Å². The van der Waals surface area contributed by atoms with E-state index in [2.05, 4.69) is 15.5 Å². The summed E-state index contributed by atoms with van der Waals surface area (Å²) in [6.07, 6.45) is 0.443. The number of rotatable bonds is 7. The number of aromatic nitrogens is 3. The second-order valence-electron chi connectivity index (χ2n) is 7.15. The zero-order valence-corrected chi connectivity index (χ0v) is 18.2. The number of thioether (sulfide) groups is 1. The van der Waals surface area contributed by atoms with Crippen LogP contribution in [-0.2, 0) is 21.2 Å². The maximum atomic E-state index is 12.4. The van der Waals surface area contributed by atoms with Gasteiger partial charge in [0.2, 0.25) is 11.1 Å². The summed E-state index contributed by atoms with van der Waals surface area (Å²) in [5.41, 5.74) is 2.03. The van der Waals surface area contributed by atoms with Gasteiger partial charge in [-0.1, -0.05) is 30.0 Å². The van der Waals surface area contributed by atoms with E-state index in [9.17, 15) is 13.2 Å². The van der Waals surface area contributed by atoms with Crippen molar-refractivity contribution in [2.45, 2.75) is 50.2 Å². The lowest BCUT2D eigenvalue weighted by molar-refractivity contribution is -0.120. The fourth-order valence-corrected chi connectivity index (χ4v) is 5.56. The summed E-state index contributed by atoms with van der Waals surface area (Å²) < 4.78 is 30.2. The molecule has 2 atom stereocenters. The first kappa shape index (κ1) is 21.4. The van der Waals surface area contributed by atoms with Crippen LogP contribution in [-0.4, -0.2) is 52.0 Å². The van der Waals surface area contributed by atoms with E-state index < -0.39 is 15.1 Å². The Morgan fingerprint density at radius 3 is 2.69 bits per heavy atom. The first-order valence-electron chi connectivity index (χ1n) is 9.22. The highest BCUT2D eigenvalue weighted by atomic mass is 32.2. The number of nitrogens with two attached hydrogens (primary N) is 1. The van der Waals surface area contributed by atoms with E-state index in [0.29, 0.717) is 17.4 Å². The van der Waals surface area contributed by atoms with Crippen molar-refractivity contribution in [2.24, 2.45) is 0 Å². The number of hydrogen-bond donors (Lipinski definition) is 2. The fourth-order valence-electron chi connectivity index (χ4n) is 3.09. The molecule has 0 bridgehead atoms. The molecule has 0 unspecified atom stereocenters. The fraction of sp³-hybridized carbons (Fsp3) is 0.500. The molecule has 0 radical (unpaired) electrons. The van der Waals surface area contributed by atoms with Gasteiger partial charge in [0.05, 0.1) is 16.8 Å². The average molecular weight is 440 g/mol. The monoisotopic (exact) mass is 439 g/mol. The van der Waals surface area contributed by atoms with Crippen LogP contribution >= 0.6 is 11.8 Å². The van der Waals surface area contributed by atoms with Gasteiger partial charge >= 0.3 is 0 Å². The van der Waals surface area contributed by atoms with Crippen molar-refractivity contribution in [3.05, 3.63) is 35.2 Å². The van der Waals surface area contributed by atoms with Crippen LogP contribution in [0.1, 0.15) is 30.3 Å². The summed E-state index contributed by atoms with van der Waals surface area (Å²) in [4.78, 5) is 12.4. The van der Waals surface area contributed by atoms with Crippen molar-refractivity contribution in [2.75, 3.05) is 17.3 Å². The van der Waals surface area contributed by atoms with E-state index in [4.69, 9.17) is 10.6 Å². The summed E-state index contributed by atoms with van der Waals surface area (Å²) in [5.74, 6) is 7.13. The van der Waals surface area contributed by atoms with E-state index in [0.717, 1.165) is 28.6 Å². The number of ether oxygens (including phenoxy) is 1. The molecule has 0 saturated carbocycles. The van der Waals surface area contributed by atoms with Crippen molar-refractivity contribution in [3.8, 4) is 5.75 Å². The van der Waals surface area contributed by atoms with Gasteiger partial charge in [-0.25, -0.2) is 13.1 Å². The zero-order valence-electron chi connectivity index (χ0n) is 16.6. The van der Waals surface area contributed by atoms with Gasteiger partial charge in [-0.3, -0.25) is 4.79 Å². The third kappa shape index (κ3) is 5.21. The summed E-state index contributed by atoms with van der Waals surface area (Å²) in [6.45, 7) is 5.79. The molecule has 0 aliphatic carbocycles. The van der Waals surface area contributed by atoms with Crippen LogP contribution in [0.2, 0.25) is 0 Å². The quantitative estimate of drug-likeness (QED) is 0.482. The Hall–Kier alpha value is -2.27. The Bertz CT molecular complexity index is 985. The number of nitrogen functional groups attached to an aromatic ring is 1. The minimum atomic E-state index is -3.05. The summed E-state index contributed by atoms with van der Waals surface area (Å²) in [7, 11) is -3.05. The molecule has 2 aromatic rings. The highest BCUT2D eigenvalue weighted by molar-refractivity contribution is 8.00. The lowest BCUT2D eigenvalue weighted by Gasteiger charge is -2.15. The first-order chi connectivity index (χ1) is 13.7. The molecule has 1 fully saturated rings. The van der Waals surface area contributed by atoms with E-state index in [-0.39, 0.29) is 30.1 Å². The predicted octanol–water partition coefficient (Wildman–Crippen LogP) is 0.972. The summed E-state index contributed by atoms with van der Waals surface area (Å²) in [5, 5.41) is 10.8. The molecule has 158 valence electrons. The molecule has 1 aromatic carbocycles. The lowest BCUT2D eigenvalue weighted by atomic mass is 10.1. The molecule has 1 amide bonds. The van der Waals surface area contributed by atoms with Gasteiger partial charge in [0.15, 0.2) is 15.7 Å². The smallest absolute Gasteiger partial charge is 0.233 e. The maximum absolute atomic E-state index is 12.4. The molecule has 3 N–H and O–H groups in total. The minimum Gasteiger partial charge on any atom is -0.485 e. The van der Waals surface area contributed by atoms with E-state index in [1.807, 2.05) is 32.0 Å². The third-order valence-electron chi connectivity index (χ3n) is 4.72. The Morgan fingerprint density at radius 1 is 1.38 bits per heavy atom. The topological polar surface area (TPSA) is 129 Å². The summed E-state index contributed by atoms with van der Waals surface area (Å²) in [6, 6.07) is 5.55. The van der Waals surface area contributed by atoms with Crippen LogP contribution in [0, 0.1) is 13.8 Å². The second-order valence-corrected chi connectivity index (χ2v) is 10.7. The molecule has 9 nitrogen and oxygen atoms in total. The number of para-hydroxylation sites is 1. The van der Waals surface area contributed by atoms with Gasteiger partial charge < -0.3 is 15.9 Å². The van der Waals surface area contributed by atoms with Crippen molar-refractivity contribution >= 4 is 27.5 Å². The maximum Gasteiger partial charge on any atom is 0.233 e. The van der Waals surface area contributed by atoms with Crippen LogP contribution in [0.4, 0.5) is 0 Å². The molecule has 3 rings (SSSR count). The molecule has 2 heterocycles. The molecule has 0 spiro atoms. The number of carbonyl (C=O) groups excluding carboxylic acids is 1. The van der Waals surface area contributed by atoms with Crippen LogP contribution in [0.15, 0.2) is 23.4 Å². The minimum absolute atomic E-state index is 0.0109. The summed E-state index contributed by atoms with van der Waals surface area (Å²) >= 11 is 1.16. The van der Waals surface area contributed by atoms with Gasteiger partial charge in [0.25, 0.3) is 0 Å². The molecule has 11 heteroatoms. The normalized spacial score (nSPS) is 19.1. The van der Waals surface area contributed by atoms with E-state index in [1.54, 1.807) is 6.92 Å². The Kier molecular flexibility index (Phi) is 6.37. The van der Waals surface area contributed by atoms with Crippen LogP contribution in [0.25, 0.3) is 0 Å². The largest absolute Gasteiger partial charge is 0.485 e. The van der Waals surface area contributed by atoms with Crippen molar-refractivity contribution in [1.82, 2.24) is 20.2 Å². The molecule has 29 heavy (non-hydrogen) atoms. The second kappa shape index (κ2) is 8.62. The van der Waals surface area contributed by atoms with Crippen LogP contribution < -0.4 is 15.9 Å². The van der Waals surface area contributed by atoms with Gasteiger partial charge in [-0.2, -0.15) is 0 Å². The number of nitrogens with one attached hydrogen (secondary N) is 1. The molecule has 1 aliphatic rings. The molecule has 1 aromatic heterocycles. The lowest BCUT2D eigenvalue weighted by Crippen LogP contribution is -2.40. The van der Waals surface area contributed by atoms with E-state index >= 15 is 0 Å². The highest BCUT2D eigenvalue weighted by Crippen LogP contribution is 2.25. The zero-order chi connectivity index (χ0) is 21.2. The van der Waals surface area contributed by atoms with Gasteiger partial charge in [0.1, 0.15) is 12.4 Å². The van der Waals surface area contributed by atoms with Crippen molar-refractivity contribution in [1.29, 1.82) is 0 Å². The SMILES string of the molecule is Cc1cccc(C)c1OCc1nnc(S[C@@H](C)C(=O)N[C@@H]2CCS(=O)(=O)C2)n1N. The standard InChI is InChI=1S/C18H25N5O4S2/c1-11-5-4-6-12(2)16(11)27-9-15-21-22-18(23(15)19)28-13(3)17(24)20-14-7-8-29(25,26)10-14/h4-6,13-14H,7-10,19H2,1-3H3,(H,20,24)/t13-,14+/m0/s1. The van der Waals surface area contributed by atoms with Crippen LogP contribution in [0.3, 0.4) is 0 Å². The van der Waals surface area contributed by atoms with Gasteiger partial charge in [-0.05, 0) is 38.3 Å². The number of carbonyl (C=O) groups is 1. The number of benzene rings is 1. The molecule has 1 aliphatic heterocycles. The molecule has 1 saturated heterocycles. The molecular weight excluding hydrogens is 414 g/mol. The number of nitrogens with zero attached hydrogens (tertiary/aromatic N) is 3. The molecular formula is C18H25N5O4S2. The average Bonchev–Trinajstić information content (AvgIpc) is 3.16. The number of aryl methyl sites for hydroxylation is 2. The van der Waals surface area contributed by atoms with E-state index in [1.165, 1.54) is 4.68 Å². The highest BCUT2D eigenvalue weighted by Gasteiger charge is 2.30. The number of amides is 1. The Labute approximate surface area is 174 Å². The number of sulfone groups is 1. The number of hydrogen-bond acceptors (Lipinski definition) is 8. The Morgan fingerprint density at radius 2 is 2.07 bits per heavy atom. The van der Waals surface area contributed by atoms with Gasteiger partial charge in [-0.15, -0.1) is 10.2 Å². The Balaban J connectivity index is 1.58. The predicted molar refractivity (Wildman–Crippen MR) is 111 cm³/mol. The van der Waals surface area contributed by atoms with Crippen LogP contribution in [0.5, 0.6) is 5.75 Å².